The number of carbonyl (C=O) groups is 2. The minimum atomic E-state index is -0.406. The largest absolute Gasteiger partial charge is 0.462 e. The molecule has 2 aromatic heterocycles. The van der Waals surface area contributed by atoms with Crippen molar-refractivity contribution in [3.05, 3.63) is 81.7 Å². The first kappa shape index (κ1) is 24.6. The van der Waals surface area contributed by atoms with Gasteiger partial charge in [-0.25, -0.2) is 9.78 Å². The number of hydrogen-bond acceptors (Lipinski definition) is 5. The maximum atomic E-state index is 13.6. The summed E-state index contributed by atoms with van der Waals surface area (Å²) < 4.78 is 5.29. The highest BCUT2D eigenvalue weighted by Gasteiger charge is 2.24. The van der Waals surface area contributed by atoms with Crippen LogP contribution in [0.3, 0.4) is 0 Å². The van der Waals surface area contributed by atoms with Crippen LogP contribution in [0.5, 0.6) is 0 Å². The second kappa shape index (κ2) is 10.8. The van der Waals surface area contributed by atoms with Crippen LogP contribution in [-0.4, -0.2) is 23.5 Å². The predicted octanol–water partition coefficient (Wildman–Crippen LogP) is 7.22. The van der Waals surface area contributed by atoms with Crippen LogP contribution >= 0.6 is 11.3 Å². The Balaban J connectivity index is 1.76. The molecule has 0 radical (unpaired) electrons. The topological polar surface area (TPSA) is 68.3 Å². The number of aromatic nitrogens is 1. The van der Waals surface area contributed by atoms with Gasteiger partial charge in [0.25, 0.3) is 5.91 Å². The number of fused-ring (bicyclic) bond motifs is 1. The summed E-state index contributed by atoms with van der Waals surface area (Å²) in [6, 6.07) is 17.8. The van der Waals surface area contributed by atoms with Crippen LogP contribution in [-0.2, 0) is 17.6 Å². The Morgan fingerprint density at radius 3 is 2.46 bits per heavy atom. The fourth-order valence-corrected chi connectivity index (χ4v) is 5.45. The molecule has 0 fully saturated rings. The third-order valence-electron chi connectivity index (χ3n) is 6.02. The molecule has 1 amide bonds. The molecule has 0 saturated heterocycles. The van der Waals surface area contributed by atoms with Crippen LogP contribution in [0.1, 0.15) is 63.9 Å². The maximum Gasteiger partial charge on any atom is 0.341 e. The van der Waals surface area contributed by atoms with E-state index in [0.717, 1.165) is 45.4 Å². The Labute approximate surface area is 210 Å². The highest BCUT2D eigenvalue weighted by Crippen LogP contribution is 2.35. The van der Waals surface area contributed by atoms with E-state index in [1.54, 1.807) is 6.92 Å². The summed E-state index contributed by atoms with van der Waals surface area (Å²) in [6.45, 7) is 8.18. The molecular weight excluding hydrogens is 456 g/mol. The second-order valence-corrected chi connectivity index (χ2v) is 9.61. The van der Waals surface area contributed by atoms with Crippen LogP contribution < -0.4 is 5.32 Å². The van der Waals surface area contributed by atoms with Crippen molar-refractivity contribution in [2.45, 2.75) is 47.0 Å². The molecular formula is C29H30N2O3S. The monoisotopic (exact) mass is 486 g/mol. The predicted molar refractivity (Wildman–Crippen MR) is 144 cm³/mol. The van der Waals surface area contributed by atoms with Crippen molar-refractivity contribution in [3.63, 3.8) is 0 Å². The Morgan fingerprint density at radius 1 is 1.03 bits per heavy atom. The molecule has 5 nitrogen and oxygen atoms in total. The van der Waals surface area contributed by atoms with Crippen molar-refractivity contribution >= 4 is 39.1 Å². The van der Waals surface area contributed by atoms with E-state index in [0.29, 0.717) is 22.5 Å². The van der Waals surface area contributed by atoms with Crippen molar-refractivity contribution < 1.29 is 14.3 Å². The SMILES string of the molecule is CCCc1ccc(-c2cc(C(=O)Nc3sc(C)c(CC)c3C(=O)OCC)c3ccccc3n2)cc1. The lowest BCUT2D eigenvalue weighted by molar-refractivity contribution is 0.0527. The minimum absolute atomic E-state index is 0.276. The molecule has 0 spiro atoms. The van der Waals surface area contributed by atoms with E-state index in [-0.39, 0.29) is 12.5 Å². The smallest absolute Gasteiger partial charge is 0.341 e. The third kappa shape index (κ3) is 5.13. The van der Waals surface area contributed by atoms with Crippen molar-refractivity contribution in [2.24, 2.45) is 0 Å². The lowest BCUT2D eigenvalue weighted by atomic mass is 10.0. The van der Waals surface area contributed by atoms with Crippen molar-refractivity contribution in [1.82, 2.24) is 4.98 Å². The van der Waals surface area contributed by atoms with E-state index in [1.165, 1.54) is 16.9 Å². The number of pyridine rings is 1. The van der Waals surface area contributed by atoms with Crippen molar-refractivity contribution in [1.29, 1.82) is 0 Å². The van der Waals surface area contributed by atoms with E-state index in [1.807, 2.05) is 44.2 Å². The number of nitrogens with zero attached hydrogens (tertiary/aromatic N) is 1. The molecule has 180 valence electrons. The Hall–Kier alpha value is -3.51. The molecule has 1 N–H and O–H groups in total. The number of hydrogen-bond donors (Lipinski definition) is 1. The van der Waals surface area contributed by atoms with Gasteiger partial charge in [0.15, 0.2) is 0 Å². The first-order valence-corrected chi connectivity index (χ1v) is 12.9. The Bertz CT molecular complexity index is 1370. The molecule has 35 heavy (non-hydrogen) atoms. The number of amides is 1. The minimum Gasteiger partial charge on any atom is -0.462 e. The molecule has 2 aromatic carbocycles. The van der Waals surface area contributed by atoms with Gasteiger partial charge in [0, 0.05) is 15.8 Å². The summed E-state index contributed by atoms with van der Waals surface area (Å²) >= 11 is 1.41. The summed E-state index contributed by atoms with van der Waals surface area (Å²) in [7, 11) is 0. The van der Waals surface area contributed by atoms with E-state index >= 15 is 0 Å². The van der Waals surface area contributed by atoms with E-state index < -0.39 is 5.97 Å². The zero-order chi connectivity index (χ0) is 24.9. The number of carbonyl (C=O) groups excluding carboxylic acids is 2. The second-order valence-electron chi connectivity index (χ2n) is 8.39. The lowest BCUT2D eigenvalue weighted by Gasteiger charge is -2.12. The highest BCUT2D eigenvalue weighted by atomic mass is 32.1. The van der Waals surface area contributed by atoms with Gasteiger partial charge in [0.1, 0.15) is 5.00 Å². The molecule has 0 saturated carbocycles. The fourth-order valence-electron chi connectivity index (χ4n) is 4.32. The van der Waals surface area contributed by atoms with E-state index in [4.69, 9.17) is 9.72 Å². The average molecular weight is 487 g/mol. The van der Waals surface area contributed by atoms with Gasteiger partial charge >= 0.3 is 5.97 Å². The van der Waals surface area contributed by atoms with Crippen LogP contribution in [0, 0.1) is 6.92 Å². The normalized spacial score (nSPS) is 11.0. The highest BCUT2D eigenvalue weighted by molar-refractivity contribution is 7.16. The summed E-state index contributed by atoms with van der Waals surface area (Å²) in [5, 5.41) is 4.29. The van der Waals surface area contributed by atoms with Crippen LogP contribution in [0.2, 0.25) is 0 Å². The quantitative estimate of drug-likeness (QED) is 0.267. The summed E-state index contributed by atoms with van der Waals surface area (Å²) in [4.78, 5) is 32.2. The van der Waals surface area contributed by atoms with Crippen molar-refractivity contribution in [2.75, 3.05) is 11.9 Å². The van der Waals surface area contributed by atoms with Gasteiger partial charge in [-0.15, -0.1) is 11.3 Å². The molecule has 0 unspecified atom stereocenters. The molecule has 4 aromatic rings. The zero-order valence-corrected chi connectivity index (χ0v) is 21.4. The van der Waals surface area contributed by atoms with Gasteiger partial charge in [0.05, 0.1) is 28.9 Å². The van der Waals surface area contributed by atoms with E-state index in [9.17, 15) is 9.59 Å². The number of thiophene rings is 1. The number of ether oxygens (including phenoxy) is 1. The summed E-state index contributed by atoms with van der Waals surface area (Å²) in [5.41, 5.74) is 5.60. The molecule has 6 heteroatoms. The molecule has 0 atom stereocenters. The van der Waals surface area contributed by atoms with Crippen molar-refractivity contribution in [3.8, 4) is 11.3 Å². The van der Waals surface area contributed by atoms with Crippen LogP contribution in [0.25, 0.3) is 22.2 Å². The van der Waals surface area contributed by atoms with E-state index in [2.05, 4.69) is 36.5 Å². The molecule has 4 rings (SSSR count). The summed E-state index contributed by atoms with van der Waals surface area (Å²) in [6.07, 6.45) is 2.80. The fraction of sp³-hybridized carbons (Fsp3) is 0.276. The third-order valence-corrected chi connectivity index (χ3v) is 7.08. The van der Waals surface area contributed by atoms with Gasteiger partial charge < -0.3 is 10.1 Å². The number of benzene rings is 2. The number of para-hydroxylation sites is 1. The van der Waals surface area contributed by atoms with Gasteiger partial charge in [-0.05, 0) is 49.9 Å². The molecule has 2 heterocycles. The van der Waals surface area contributed by atoms with Crippen LogP contribution in [0.15, 0.2) is 54.6 Å². The van der Waals surface area contributed by atoms with Gasteiger partial charge in [0.2, 0.25) is 0 Å². The molecule has 0 aliphatic heterocycles. The van der Waals surface area contributed by atoms with Gasteiger partial charge in [-0.1, -0.05) is 62.7 Å². The number of esters is 1. The maximum absolute atomic E-state index is 13.6. The molecule has 0 bridgehead atoms. The lowest BCUT2D eigenvalue weighted by Crippen LogP contribution is -2.16. The zero-order valence-electron chi connectivity index (χ0n) is 20.6. The number of anilines is 1. The summed E-state index contributed by atoms with van der Waals surface area (Å²) in [5.74, 6) is -0.682. The number of aryl methyl sites for hydroxylation is 2. The molecule has 0 aliphatic rings. The van der Waals surface area contributed by atoms with Gasteiger partial charge in [-0.3, -0.25) is 4.79 Å². The Morgan fingerprint density at radius 2 is 1.77 bits per heavy atom. The standard InChI is InChI=1S/C29H30N2O3S/c1-5-10-19-13-15-20(16-14-19)25-17-23(22-11-8-9-12-24(22)30-25)27(32)31-28-26(29(33)34-7-3)21(6-2)18(4)35-28/h8-9,11-17H,5-7,10H2,1-4H3,(H,31,32). The number of nitrogens with one attached hydrogen (secondary N) is 1. The molecule has 0 aliphatic carbocycles. The Kier molecular flexibility index (Phi) is 7.61. The first-order chi connectivity index (χ1) is 17.0. The van der Waals surface area contributed by atoms with Gasteiger partial charge in [-0.2, -0.15) is 0 Å². The first-order valence-electron chi connectivity index (χ1n) is 12.1. The average Bonchev–Trinajstić information content (AvgIpc) is 3.18. The van der Waals surface area contributed by atoms with Crippen LogP contribution in [0.4, 0.5) is 5.00 Å². The number of rotatable bonds is 8.